The van der Waals surface area contributed by atoms with Gasteiger partial charge in [0, 0.05) is 13.6 Å². The number of likely N-dealkylation sites (N-methyl/N-ethyl adjacent to an activating group) is 1. The largest absolute Gasteiger partial charge is 0.416 e. The molecule has 0 heterocycles. The molecule has 6 heteroatoms. The number of rotatable bonds is 6. The second-order valence-electron chi connectivity index (χ2n) is 5.48. The molecule has 1 saturated carbocycles. The number of nitrogens with one attached hydrogen (secondary N) is 1. The Morgan fingerprint density at radius 2 is 2.00 bits per heavy atom. The molecule has 0 atom stereocenters. The molecule has 2 rings (SSSR count). The molecule has 0 saturated heterocycles. The molecule has 0 aromatic heterocycles. The zero-order valence-corrected chi connectivity index (χ0v) is 11.9. The van der Waals surface area contributed by atoms with E-state index in [4.69, 9.17) is 0 Å². The van der Waals surface area contributed by atoms with E-state index in [1.165, 1.54) is 36.9 Å². The van der Waals surface area contributed by atoms with Crippen LogP contribution in [0.4, 0.5) is 13.2 Å². The zero-order valence-electron chi connectivity index (χ0n) is 11.9. The Hall–Kier alpha value is -1.56. The maximum atomic E-state index is 12.9. The first-order valence-electron chi connectivity index (χ1n) is 6.97. The third-order valence-corrected chi connectivity index (χ3v) is 3.56. The summed E-state index contributed by atoms with van der Waals surface area (Å²) >= 11 is 0. The summed E-state index contributed by atoms with van der Waals surface area (Å²) in [6.07, 6.45) is -2.02. The minimum absolute atomic E-state index is 0.0420. The van der Waals surface area contributed by atoms with E-state index in [1.54, 1.807) is 6.07 Å². The summed E-state index contributed by atoms with van der Waals surface area (Å²) in [5.41, 5.74) is -0.571. The highest BCUT2D eigenvalue weighted by molar-refractivity contribution is 5.78. The Morgan fingerprint density at radius 1 is 1.33 bits per heavy atom. The van der Waals surface area contributed by atoms with E-state index in [1.807, 2.05) is 0 Å². The molecule has 1 aliphatic carbocycles. The molecule has 0 spiro atoms. The fourth-order valence-corrected chi connectivity index (χ4v) is 2.12. The molecule has 1 fully saturated rings. The van der Waals surface area contributed by atoms with Gasteiger partial charge in [0.05, 0.1) is 12.1 Å². The molecule has 1 amide bonds. The molecule has 21 heavy (non-hydrogen) atoms. The molecule has 0 aliphatic heterocycles. The molecule has 1 aromatic rings. The molecule has 1 N–H and O–H groups in total. The van der Waals surface area contributed by atoms with Crippen molar-refractivity contribution in [3.8, 4) is 0 Å². The molecule has 116 valence electrons. The van der Waals surface area contributed by atoms with Crippen LogP contribution in [0.25, 0.3) is 0 Å². The van der Waals surface area contributed by atoms with E-state index in [0.717, 1.165) is 12.6 Å². The summed E-state index contributed by atoms with van der Waals surface area (Å²) in [5, 5.41) is 3.05. The monoisotopic (exact) mass is 300 g/mol. The van der Waals surface area contributed by atoms with Crippen molar-refractivity contribution in [3.05, 3.63) is 35.4 Å². The predicted octanol–water partition coefficient (Wildman–Crippen LogP) is 2.66. The third-order valence-electron chi connectivity index (χ3n) is 3.56. The van der Waals surface area contributed by atoms with E-state index < -0.39 is 11.7 Å². The molecular weight excluding hydrogens is 281 g/mol. The van der Waals surface area contributed by atoms with Crippen molar-refractivity contribution in [2.24, 2.45) is 5.92 Å². The van der Waals surface area contributed by atoms with Crippen LogP contribution in [0.5, 0.6) is 0 Å². The molecule has 0 radical (unpaired) electrons. The summed E-state index contributed by atoms with van der Waals surface area (Å²) in [7, 11) is 1.52. The van der Waals surface area contributed by atoms with E-state index in [9.17, 15) is 18.0 Å². The highest BCUT2D eigenvalue weighted by atomic mass is 19.4. The molecule has 1 aromatic carbocycles. The molecule has 0 bridgehead atoms. The van der Waals surface area contributed by atoms with Crippen LogP contribution in [-0.2, 0) is 17.5 Å². The Kier molecular flexibility index (Phi) is 4.88. The molecule has 3 nitrogen and oxygen atoms in total. The number of carbonyl (C=O) groups is 1. The van der Waals surface area contributed by atoms with Gasteiger partial charge in [-0.1, -0.05) is 18.2 Å². The normalized spacial score (nSPS) is 15.0. The van der Waals surface area contributed by atoms with Gasteiger partial charge < -0.3 is 10.2 Å². The van der Waals surface area contributed by atoms with Crippen LogP contribution >= 0.6 is 0 Å². The lowest BCUT2D eigenvalue weighted by atomic mass is 10.1. The van der Waals surface area contributed by atoms with Crippen molar-refractivity contribution in [3.63, 3.8) is 0 Å². The number of benzene rings is 1. The average molecular weight is 300 g/mol. The van der Waals surface area contributed by atoms with Gasteiger partial charge in [0.25, 0.3) is 0 Å². The van der Waals surface area contributed by atoms with E-state index in [0.29, 0.717) is 5.92 Å². The van der Waals surface area contributed by atoms with Crippen molar-refractivity contribution < 1.29 is 18.0 Å². The van der Waals surface area contributed by atoms with Gasteiger partial charge in [0.1, 0.15) is 0 Å². The quantitative estimate of drug-likeness (QED) is 0.876. The van der Waals surface area contributed by atoms with Gasteiger partial charge in [-0.25, -0.2) is 0 Å². The van der Waals surface area contributed by atoms with E-state index >= 15 is 0 Å². The number of hydrogen-bond acceptors (Lipinski definition) is 2. The van der Waals surface area contributed by atoms with E-state index in [-0.39, 0.29) is 24.6 Å². The topological polar surface area (TPSA) is 32.3 Å². The van der Waals surface area contributed by atoms with Crippen molar-refractivity contribution in [2.75, 3.05) is 20.1 Å². The first-order chi connectivity index (χ1) is 9.88. The Morgan fingerprint density at radius 3 is 2.62 bits per heavy atom. The summed E-state index contributed by atoms with van der Waals surface area (Å²) in [6.45, 7) is 0.930. The van der Waals surface area contributed by atoms with Gasteiger partial charge >= 0.3 is 6.18 Å². The zero-order chi connectivity index (χ0) is 15.5. The SMILES string of the molecule is CN(Cc1ccccc1C(F)(F)F)C(=O)CNCC1CC1. The van der Waals surface area contributed by atoms with Crippen LogP contribution in [-0.4, -0.2) is 30.9 Å². The van der Waals surface area contributed by atoms with Gasteiger partial charge in [-0.2, -0.15) is 13.2 Å². The van der Waals surface area contributed by atoms with Crippen molar-refractivity contribution in [1.82, 2.24) is 10.2 Å². The van der Waals surface area contributed by atoms with Gasteiger partial charge in [0.2, 0.25) is 5.91 Å². The second-order valence-corrected chi connectivity index (χ2v) is 5.48. The number of halogens is 3. The van der Waals surface area contributed by atoms with E-state index in [2.05, 4.69) is 5.32 Å². The average Bonchev–Trinajstić information content (AvgIpc) is 3.22. The smallest absolute Gasteiger partial charge is 0.340 e. The first kappa shape index (κ1) is 15.8. The fourth-order valence-electron chi connectivity index (χ4n) is 2.12. The summed E-state index contributed by atoms with van der Waals surface area (Å²) < 4.78 is 38.6. The van der Waals surface area contributed by atoms with Crippen LogP contribution in [0.3, 0.4) is 0 Å². The standard InChI is InChI=1S/C15H19F3N2O/c1-20(14(21)9-19-8-11-6-7-11)10-12-4-2-3-5-13(12)15(16,17)18/h2-5,11,19H,6-10H2,1H3. The van der Waals surface area contributed by atoms with Crippen molar-refractivity contribution >= 4 is 5.91 Å². The van der Waals surface area contributed by atoms with Crippen LogP contribution in [0.2, 0.25) is 0 Å². The fraction of sp³-hybridized carbons (Fsp3) is 0.533. The second kappa shape index (κ2) is 6.47. The van der Waals surface area contributed by atoms with Gasteiger partial charge in [-0.3, -0.25) is 4.79 Å². The maximum Gasteiger partial charge on any atom is 0.416 e. The van der Waals surface area contributed by atoms with Gasteiger partial charge in [0.15, 0.2) is 0 Å². The summed E-state index contributed by atoms with van der Waals surface area (Å²) in [4.78, 5) is 13.2. The summed E-state index contributed by atoms with van der Waals surface area (Å²) in [5.74, 6) is 0.460. The minimum atomic E-state index is -4.40. The van der Waals surface area contributed by atoms with Crippen molar-refractivity contribution in [2.45, 2.75) is 25.6 Å². The van der Waals surface area contributed by atoms with Crippen LogP contribution < -0.4 is 5.32 Å². The van der Waals surface area contributed by atoms with Gasteiger partial charge in [-0.15, -0.1) is 0 Å². The van der Waals surface area contributed by atoms with Crippen LogP contribution in [0.1, 0.15) is 24.0 Å². The molecule has 1 aliphatic rings. The number of alkyl halides is 3. The number of hydrogen-bond donors (Lipinski definition) is 1. The first-order valence-corrected chi connectivity index (χ1v) is 6.97. The Bertz CT molecular complexity index is 498. The number of carbonyl (C=O) groups excluding carboxylic acids is 1. The predicted molar refractivity (Wildman–Crippen MR) is 73.5 cm³/mol. The molecular formula is C15H19F3N2O. The maximum absolute atomic E-state index is 12.9. The van der Waals surface area contributed by atoms with Gasteiger partial charge in [-0.05, 0) is 36.9 Å². The van der Waals surface area contributed by atoms with Crippen molar-refractivity contribution in [1.29, 1.82) is 0 Å². The minimum Gasteiger partial charge on any atom is -0.340 e. The number of nitrogens with zero attached hydrogens (tertiary/aromatic N) is 1. The summed E-state index contributed by atoms with van der Waals surface area (Å²) in [6, 6.07) is 5.35. The van der Waals surface area contributed by atoms with Crippen LogP contribution in [0, 0.1) is 5.92 Å². The lowest BCUT2D eigenvalue weighted by Gasteiger charge is -2.20. The highest BCUT2D eigenvalue weighted by Gasteiger charge is 2.33. The molecule has 0 unspecified atom stereocenters. The highest BCUT2D eigenvalue weighted by Crippen LogP contribution is 2.32. The number of amides is 1. The third kappa shape index (κ3) is 4.74. The Labute approximate surface area is 122 Å². The lowest BCUT2D eigenvalue weighted by Crippen LogP contribution is -2.36. The van der Waals surface area contributed by atoms with Crippen LogP contribution in [0.15, 0.2) is 24.3 Å². The lowest BCUT2D eigenvalue weighted by molar-refractivity contribution is -0.139. The Balaban J connectivity index is 1.92.